The predicted molar refractivity (Wildman–Crippen MR) is 35.4 cm³/mol. The summed E-state index contributed by atoms with van der Waals surface area (Å²) in [5.74, 6) is -0.102. The molecule has 0 unspecified atom stereocenters. The molecular formula is C7H8N2O. The van der Waals surface area contributed by atoms with Crippen molar-refractivity contribution in [3.05, 3.63) is 11.3 Å². The van der Waals surface area contributed by atoms with E-state index < -0.39 is 0 Å². The second-order valence-corrected chi connectivity index (χ2v) is 2.64. The Hall–Kier alpha value is -0.990. The molecule has 0 aromatic heterocycles. The Labute approximate surface area is 58.8 Å². The molecule has 0 aromatic carbocycles. The molecule has 0 spiro atoms. The first-order valence-corrected chi connectivity index (χ1v) is 3.56. The van der Waals surface area contributed by atoms with Crippen LogP contribution in [0.2, 0.25) is 0 Å². The standard InChI is InChI=1S/C7H8N2O/c10-7-5-3-1-2-4-6(5)8-9-7/h1-4H2. The molecule has 3 heteroatoms. The summed E-state index contributed by atoms with van der Waals surface area (Å²) in [5, 5.41) is 7.29. The summed E-state index contributed by atoms with van der Waals surface area (Å²) in [5.41, 5.74) is 1.81. The summed E-state index contributed by atoms with van der Waals surface area (Å²) in [7, 11) is 0. The van der Waals surface area contributed by atoms with E-state index in [1.54, 1.807) is 0 Å². The lowest BCUT2D eigenvalue weighted by Gasteiger charge is -2.07. The molecule has 0 saturated heterocycles. The van der Waals surface area contributed by atoms with Gasteiger partial charge < -0.3 is 0 Å². The van der Waals surface area contributed by atoms with Crippen molar-refractivity contribution in [2.45, 2.75) is 25.7 Å². The number of rotatable bonds is 0. The van der Waals surface area contributed by atoms with E-state index in [9.17, 15) is 4.79 Å². The molecule has 0 aromatic rings. The van der Waals surface area contributed by atoms with Gasteiger partial charge in [-0.15, -0.1) is 5.11 Å². The number of amides is 1. The third kappa shape index (κ3) is 0.701. The Morgan fingerprint density at radius 3 is 2.70 bits per heavy atom. The van der Waals surface area contributed by atoms with Crippen LogP contribution in [0.25, 0.3) is 0 Å². The van der Waals surface area contributed by atoms with Crippen molar-refractivity contribution < 1.29 is 4.79 Å². The summed E-state index contributed by atoms with van der Waals surface area (Å²) in [6.07, 6.45) is 4.12. The highest BCUT2D eigenvalue weighted by atomic mass is 16.2. The van der Waals surface area contributed by atoms with E-state index in [1.807, 2.05) is 0 Å². The largest absolute Gasteiger partial charge is 0.293 e. The molecule has 2 rings (SSSR count). The molecule has 1 heterocycles. The van der Waals surface area contributed by atoms with Crippen LogP contribution in [0.3, 0.4) is 0 Å². The molecule has 0 saturated carbocycles. The molecule has 1 aliphatic heterocycles. The fourth-order valence-corrected chi connectivity index (χ4v) is 1.40. The summed E-state index contributed by atoms with van der Waals surface area (Å²) in [6.45, 7) is 0. The normalized spacial score (nSPS) is 23.8. The second-order valence-electron chi connectivity index (χ2n) is 2.64. The molecular weight excluding hydrogens is 128 g/mol. The number of hydrogen-bond donors (Lipinski definition) is 0. The van der Waals surface area contributed by atoms with Gasteiger partial charge >= 0.3 is 0 Å². The lowest BCUT2D eigenvalue weighted by Crippen LogP contribution is -2.00. The van der Waals surface area contributed by atoms with Crippen LogP contribution >= 0.6 is 0 Å². The number of allylic oxidation sites excluding steroid dienone is 1. The first-order valence-electron chi connectivity index (χ1n) is 3.56. The highest BCUT2D eigenvalue weighted by Gasteiger charge is 2.23. The lowest BCUT2D eigenvalue weighted by atomic mass is 9.97. The maximum atomic E-state index is 10.9. The molecule has 52 valence electrons. The van der Waals surface area contributed by atoms with E-state index in [1.165, 1.54) is 0 Å². The highest BCUT2D eigenvalue weighted by molar-refractivity contribution is 5.96. The molecule has 0 radical (unpaired) electrons. The number of azo groups is 1. The van der Waals surface area contributed by atoms with Crippen molar-refractivity contribution in [2.24, 2.45) is 10.2 Å². The fourth-order valence-electron chi connectivity index (χ4n) is 1.40. The highest BCUT2D eigenvalue weighted by Crippen LogP contribution is 2.30. The fraction of sp³-hybridized carbons (Fsp3) is 0.571. The minimum atomic E-state index is -0.102. The van der Waals surface area contributed by atoms with Gasteiger partial charge in [-0.05, 0) is 25.7 Å². The molecule has 0 atom stereocenters. The molecule has 1 aliphatic carbocycles. The topological polar surface area (TPSA) is 41.8 Å². The number of carbonyl (C=O) groups excluding carboxylic acids is 1. The summed E-state index contributed by atoms with van der Waals surface area (Å²) >= 11 is 0. The lowest BCUT2D eigenvalue weighted by molar-refractivity contribution is -0.114. The van der Waals surface area contributed by atoms with Crippen LogP contribution in [-0.2, 0) is 4.79 Å². The van der Waals surface area contributed by atoms with E-state index in [0.717, 1.165) is 37.0 Å². The van der Waals surface area contributed by atoms with Crippen LogP contribution in [0.4, 0.5) is 0 Å². The van der Waals surface area contributed by atoms with Gasteiger partial charge in [-0.25, -0.2) is 0 Å². The van der Waals surface area contributed by atoms with Gasteiger partial charge in [-0.3, -0.25) is 4.79 Å². The summed E-state index contributed by atoms with van der Waals surface area (Å²) < 4.78 is 0. The average molecular weight is 136 g/mol. The van der Waals surface area contributed by atoms with Crippen molar-refractivity contribution in [1.29, 1.82) is 0 Å². The van der Waals surface area contributed by atoms with Gasteiger partial charge in [-0.2, -0.15) is 5.11 Å². The molecule has 10 heavy (non-hydrogen) atoms. The Balaban J connectivity index is 2.36. The molecule has 3 nitrogen and oxygen atoms in total. The number of nitrogens with zero attached hydrogens (tertiary/aromatic N) is 2. The van der Waals surface area contributed by atoms with Crippen molar-refractivity contribution in [2.75, 3.05) is 0 Å². The van der Waals surface area contributed by atoms with Crippen molar-refractivity contribution in [1.82, 2.24) is 0 Å². The van der Waals surface area contributed by atoms with Crippen LogP contribution in [-0.4, -0.2) is 5.91 Å². The van der Waals surface area contributed by atoms with Crippen molar-refractivity contribution >= 4 is 5.91 Å². The summed E-state index contributed by atoms with van der Waals surface area (Å²) in [6, 6.07) is 0. The average Bonchev–Trinajstić information content (AvgIpc) is 2.34. The first-order chi connectivity index (χ1) is 4.88. The van der Waals surface area contributed by atoms with Crippen LogP contribution in [0.15, 0.2) is 21.5 Å². The van der Waals surface area contributed by atoms with Crippen molar-refractivity contribution in [3.8, 4) is 0 Å². The van der Waals surface area contributed by atoms with Gasteiger partial charge in [0.05, 0.1) is 5.70 Å². The smallest absolute Gasteiger partial charge is 0.265 e. The van der Waals surface area contributed by atoms with Gasteiger partial charge in [0, 0.05) is 5.57 Å². The molecule has 1 amide bonds. The number of carbonyl (C=O) groups is 1. The Morgan fingerprint density at radius 1 is 1.10 bits per heavy atom. The minimum Gasteiger partial charge on any atom is -0.265 e. The Morgan fingerprint density at radius 2 is 1.90 bits per heavy atom. The van der Waals surface area contributed by atoms with Crippen LogP contribution in [0.5, 0.6) is 0 Å². The second kappa shape index (κ2) is 2.01. The van der Waals surface area contributed by atoms with Gasteiger partial charge in [0.25, 0.3) is 5.91 Å². The SMILES string of the molecule is O=C1N=NC2=C1CCCC2. The Bertz CT molecular complexity index is 232. The zero-order chi connectivity index (χ0) is 6.97. The van der Waals surface area contributed by atoms with E-state index in [4.69, 9.17) is 0 Å². The summed E-state index contributed by atoms with van der Waals surface area (Å²) in [4.78, 5) is 10.9. The van der Waals surface area contributed by atoms with Gasteiger partial charge in [0.15, 0.2) is 0 Å². The van der Waals surface area contributed by atoms with E-state index in [2.05, 4.69) is 10.2 Å². The monoisotopic (exact) mass is 136 g/mol. The first kappa shape index (κ1) is 5.77. The van der Waals surface area contributed by atoms with Crippen LogP contribution in [0, 0.1) is 0 Å². The van der Waals surface area contributed by atoms with Gasteiger partial charge in [-0.1, -0.05) is 0 Å². The minimum absolute atomic E-state index is 0.102. The maximum Gasteiger partial charge on any atom is 0.293 e. The quantitative estimate of drug-likeness (QED) is 0.500. The zero-order valence-electron chi connectivity index (χ0n) is 5.63. The van der Waals surface area contributed by atoms with Crippen molar-refractivity contribution in [3.63, 3.8) is 0 Å². The third-order valence-corrected chi connectivity index (χ3v) is 1.96. The van der Waals surface area contributed by atoms with E-state index in [-0.39, 0.29) is 5.91 Å². The molecule has 0 fully saturated rings. The zero-order valence-corrected chi connectivity index (χ0v) is 5.63. The van der Waals surface area contributed by atoms with Gasteiger partial charge in [0.1, 0.15) is 0 Å². The Kier molecular flexibility index (Phi) is 1.16. The predicted octanol–water partition coefficient (Wildman–Crippen LogP) is 1.81. The van der Waals surface area contributed by atoms with Crippen LogP contribution in [0.1, 0.15) is 25.7 Å². The molecule has 0 N–H and O–H groups in total. The van der Waals surface area contributed by atoms with Crippen LogP contribution < -0.4 is 0 Å². The van der Waals surface area contributed by atoms with E-state index in [0.29, 0.717) is 0 Å². The third-order valence-electron chi connectivity index (χ3n) is 1.96. The number of hydrogen-bond acceptors (Lipinski definition) is 2. The molecule has 0 bridgehead atoms. The van der Waals surface area contributed by atoms with E-state index >= 15 is 0 Å². The van der Waals surface area contributed by atoms with Gasteiger partial charge in [0.2, 0.25) is 0 Å². The molecule has 2 aliphatic rings. The maximum absolute atomic E-state index is 10.9.